The number of rotatable bonds is 6. The smallest absolute Gasteiger partial charge is 0.224 e. The average molecular weight is 357 g/mol. The zero-order chi connectivity index (χ0) is 18.4. The van der Waals surface area contributed by atoms with Crippen molar-refractivity contribution < 1.29 is 9.90 Å². The van der Waals surface area contributed by atoms with Gasteiger partial charge in [-0.15, -0.1) is 0 Å². The standard InChI is InChI=1S/C22H32N2O2/c1-3-24(4-2)19-7-5-18(6-8-19)23-20(25)14-21-10-16-9-17(11-21)13-22(26,12-16)15-21/h5-8,16-17,26H,3-4,9-15H2,1-2H3,(H,23,25)/t16-,17-,21?,22?/m1/s1. The van der Waals surface area contributed by atoms with E-state index in [1.54, 1.807) is 0 Å². The van der Waals surface area contributed by atoms with Crippen LogP contribution in [-0.4, -0.2) is 29.7 Å². The van der Waals surface area contributed by atoms with Crippen molar-refractivity contribution >= 4 is 17.3 Å². The predicted molar refractivity (Wildman–Crippen MR) is 105 cm³/mol. The van der Waals surface area contributed by atoms with Gasteiger partial charge >= 0.3 is 0 Å². The van der Waals surface area contributed by atoms with E-state index in [1.807, 2.05) is 12.1 Å². The van der Waals surface area contributed by atoms with Gasteiger partial charge in [-0.25, -0.2) is 0 Å². The van der Waals surface area contributed by atoms with E-state index in [4.69, 9.17) is 0 Å². The van der Waals surface area contributed by atoms with Crippen molar-refractivity contribution in [3.63, 3.8) is 0 Å². The number of anilines is 2. The lowest BCUT2D eigenvalue weighted by molar-refractivity contribution is -0.167. The van der Waals surface area contributed by atoms with Crippen LogP contribution >= 0.6 is 0 Å². The van der Waals surface area contributed by atoms with Gasteiger partial charge in [-0.05, 0) is 93.9 Å². The molecule has 4 heteroatoms. The maximum Gasteiger partial charge on any atom is 0.224 e. The fourth-order valence-corrected chi connectivity index (χ4v) is 6.50. The molecule has 0 unspecified atom stereocenters. The lowest BCUT2D eigenvalue weighted by atomic mass is 9.47. The quantitative estimate of drug-likeness (QED) is 0.803. The molecule has 4 bridgehead atoms. The molecule has 2 atom stereocenters. The van der Waals surface area contributed by atoms with Gasteiger partial charge in [0, 0.05) is 30.9 Å². The molecule has 26 heavy (non-hydrogen) atoms. The Bertz CT molecular complexity index is 651. The van der Waals surface area contributed by atoms with Crippen LogP contribution in [0.1, 0.15) is 58.8 Å². The highest BCUT2D eigenvalue weighted by atomic mass is 16.3. The van der Waals surface area contributed by atoms with Crippen LogP contribution in [0.2, 0.25) is 0 Å². The molecule has 4 aliphatic rings. The molecule has 1 aromatic carbocycles. The van der Waals surface area contributed by atoms with Crippen LogP contribution in [0, 0.1) is 17.3 Å². The molecule has 4 nitrogen and oxygen atoms in total. The molecular weight excluding hydrogens is 324 g/mol. The molecule has 1 aromatic rings. The zero-order valence-electron chi connectivity index (χ0n) is 16.1. The number of hydrogen-bond donors (Lipinski definition) is 2. The Kier molecular flexibility index (Phi) is 4.50. The Morgan fingerprint density at radius 3 is 2.27 bits per heavy atom. The van der Waals surface area contributed by atoms with Gasteiger partial charge in [-0.1, -0.05) is 0 Å². The number of carbonyl (C=O) groups excluding carboxylic acids is 1. The second kappa shape index (κ2) is 6.56. The molecule has 4 saturated carbocycles. The average Bonchev–Trinajstić information content (AvgIpc) is 2.54. The van der Waals surface area contributed by atoms with Gasteiger partial charge in [0.05, 0.1) is 5.60 Å². The Hall–Kier alpha value is -1.55. The van der Waals surface area contributed by atoms with E-state index in [1.165, 1.54) is 12.1 Å². The summed E-state index contributed by atoms with van der Waals surface area (Å²) < 4.78 is 0. The molecule has 0 saturated heterocycles. The molecule has 142 valence electrons. The van der Waals surface area contributed by atoms with Crippen molar-refractivity contribution in [2.75, 3.05) is 23.3 Å². The molecule has 0 spiro atoms. The van der Waals surface area contributed by atoms with E-state index < -0.39 is 5.60 Å². The zero-order valence-corrected chi connectivity index (χ0v) is 16.1. The number of amides is 1. The second-order valence-electron chi connectivity index (χ2n) is 9.13. The first-order valence-corrected chi connectivity index (χ1v) is 10.3. The predicted octanol–water partition coefficient (Wildman–Crippen LogP) is 4.19. The summed E-state index contributed by atoms with van der Waals surface area (Å²) in [5.74, 6) is 1.36. The molecular formula is C22H32N2O2. The maximum absolute atomic E-state index is 12.7. The minimum atomic E-state index is -0.490. The Balaban J connectivity index is 1.40. The number of nitrogens with one attached hydrogen (secondary N) is 1. The van der Waals surface area contributed by atoms with Gasteiger partial charge in [0.1, 0.15) is 0 Å². The molecule has 5 rings (SSSR count). The van der Waals surface area contributed by atoms with Gasteiger partial charge < -0.3 is 15.3 Å². The molecule has 2 N–H and O–H groups in total. The van der Waals surface area contributed by atoms with Gasteiger partial charge in [0.25, 0.3) is 0 Å². The van der Waals surface area contributed by atoms with Gasteiger partial charge in [-0.2, -0.15) is 0 Å². The number of benzene rings is 1. The van der Waals surface area contributed by atoms with Gasteiger partial charge in [-0.3, -0.25) is 4.79 Å². The number of aliphatic hydroxyl groups is 1. The molecule has 0 aliphatic heterocycles. The summed E-state index contributed by atoms with van der Waals surface area (Å²) in [4.78, 5) is 15.0. The van der Waals surface area contributed by atoms with Crippen LogP contribution in [0.4, 0.5) is 11.4 Å². The number of hydrogen-bond acceptors (Lipinski definition) is 3. The van der Waals surface area contributed by atoms with Crippen molar-refractivity contribution in [1.82, 2.24) is 0 Å². The molecule has 4 fully saturated rings. The highest BCUT2D eigenvalue weighted by molar-refractivity contribution is 5.91. The summed E-state index contributed by atoms with van der Waals surface area (Å²) in [7, 11) is 0. The minimum absolute atomic E-state index is 0.0318. The third-order valence-corrected chi connectivity index (χ3v) is 6.97. The summed E-state index contributed by atoms with van der Waals surface area (Å²) in [6.45, 7) is 6.27. The summed E-state index contributed by atoms with van der Waals surface area (Å²) in [5, 5.41) is 14.0. The minimum Gasteiger partial charge on any atom is -0.390 e. The SMILES string of the molecule is CCN(CC)c1ccc(NC(=O)CC23C[C@H]4C[C@@H](CC(O)(C4)C2)C3)cc1. The fourth-order valence-electron chi connectivity index (χ4n) is 6.50. The van der Waals surface area contributed by atoms with Crippen LogP contribution < -0.4 is 10.2 Å². The maximum atomic E-state index is 12.7. The van der Waals surface area contributed by atoms with Crippen molar-refractivity contribution in [1.29, 1.82) is 0 Å². The summed E-state index contributed by atoms with van der Waals surface area (Å²) in [5.41, 5.74) is 1.60. The number of carbonyl (C=O) groups is 1. The lowest BCUT2D eigenvalue weighted by Gasteiger charge is -2.60. The summed E-state index contributed by atoms with van der Waals surface area (Å²) in [6, 6.07) is 8.16. The van der Waals surface area contributed by atoms with Crippen LogP contribution in [0.3, 0.4) is 0 Å². The monoisotopic (exact) mass is 356 g/mol. The first kappa shape index (κ1) is 17.8. The molecule has 4 aliphatic carbocycles. The molecule has 0 aromatic heterocycles. The van der Waals surface area contributed by atoms with E-state index in [2.05, 4.69) is 36.2 Å². The first-order chi connectivity index (χ1) is 12.4. The Morgan fingerprint density at radius 1 is 1.12 bits per heavy atom. The fraction of sp³-hybridized carbons (Fsp3) is 0.682. The topological polar surface area (TPSA) is 52.6 Å². The van der Waals surface area contributed by atoms with Crippen molar-refractivity contribution in [2.24, 2.45) is 17.3 Å². The van der Waals surface area contributed by atoms with Crippen molar-refractivity contribution in [3.05, 3.63) is 24.3 Å². The third-order valence-electron chi connectivity index (χ3n) is 6.97. The molecule has 0 radical (unpaired) electrons. The van der Waals surface area contributed by atoms with Gasteiger partial charge in [0.2, 0.25) is 5.91 Å². The highest BCUT2D eigenvalue weighted by Gasteiger charge is 2.57. The largest absolute Gasteiger partial charge is 0.390 e. The Labute approximate surface area is 157 Å². The molecule has 1 amide bonds. The molecule has 0 heterocycles. The second-order valence-corrected chi connectivity index (χ2v) is 9.13. The van der Waals surface area contributed by atoms with Crippen LogP contribution in [0.25, 0.3) is 0 Å². The first-order valence-electron chi connectivity index (χ1n) is 10.3. The normalized spacial score (nSPS) is 34.7. The lowest BCUT2D eigenvalue weighted by Crippen LogP contribution is -2.56. The van der Waals surface area contributed by atoms with E-state index in [0.717, 1.165) is 50.9 Å². The van der Waals surface area contributed by atoms with E-state index in [-0.39, 0.29) is 11.3 Å². The van der Waals surface area contributed by atoms with Crippen molar-refractivity contribution in [3.8, 4) is 0 Å². The summed E-state index contributed by atoms with van der Waals surface area (Å²) in [6.07, 6.45) is 6.81. The van der Waals surface area contributed by atoms with E-state index in [9.17, 15) is 9.90 Å². The van der Waals surface area contributed by atoms with Crippen molar-refractivity contribution in [2.45, 2.75) is 64.4 Å². The summed E-state index contributed by atoms with van der Waals surface area (Å²) >= 11 is 0. The Morgan fingerprint density at radius 2 is 1.73 bits per heavy atom. The van der Waals surface area contributed by atoms with Gasteiger partial charge in [0.15, 0.2) is 0 Å². The number of nitrogens with zero attached hydrogens (tertiary/aromatic N) is 1. The third kappa shape index (κ3) is 3.36. The van der Waals surface area contributed by atoms with E-state index in [0.29, 0.717) is 18.3 Å². The van der Waals surface area contributed by atoms with Crippen LogP contribution in [0.5, 0.6) is 0 Å². The van der Waals surface area contributed by atoms with E-state index >= 15 is 0 Å². The van der Waals surface area contributed by atoms with Crippen LogP contribution in [0.15, 0.2) is 24.3 Å². The highest BCUT2D eigenvalue weighted by Crippen LogP contribution is 2.62. The van der Waals surface area contributed by atoms with Crippen LogP contribution in [-0.2, 0) is 4.79 Å².